The molecule has 4 heteroatoms. The minimum Gasteiger partial charge on any atom is -0.385 e. The molecule has 0 fully saturated rings. The summed E-state index contributed by atoms with van der Waals surface area (Å²) in [6.45, 7) is 0.800. The number of hydrogen-bond donors (Lipinski definition) is 1. The number of methoxy groups -OCH3 is 1. The molecule has 0 aromatic carbocycles. The Labute approximate surface area is 99.4 Å². The van der Waals surface area contributed by atoms with E-state index in [9.17, 15) is 0 Å². The summed E-state index contributed by atoms with van der Waals surface area (Å²) in [5, 5.41) is 3.26. The van der Waals surface area contributed by atoms with Gasteiger partial charge in [0.25, 0.3) is 0 Å². The van der Waals surface area contributed by atoms with Crippen molar-refractivity contribution in [3.8, 4) is 0 Å². The van der Waals surface area contributed by atoms with Crippen molar-refractivity contribution in [1.29, 1.82) is 0 Å². The number of nitrogens with zero attached hydrogens (tertiary/aromatic N) is 1. The van der Waals surface area contributed by atoms with Crippen molar-refractivity contribution in [3.63, 3.8) is 0 Å². The predicted molar refractivity (Wildman–Crippen MR) is 64.8 cm³/mol. The zero-order chi connectivity index (χ0) is 11.1. The molecular weight excluding hydrogens is 256 g/mol. The first-order valence-corrected chi connectivity index (χ1v) is 5.85. The van der Waals surface area contributed by atoms with Crippen molar-refractivity contribution in [2.24, 2.45) is 0 Å². The lowest BCUT2D eigenvalue weighted by molar-refractivity contribution is 0.189. The third-order valence-electron chi connectivity index (χ3n) is 2.30. The van der Waals surface area contributed by atoms with Crippen molar-refractivity contribution in [2.75, 3.05) is 20.8 Å². The van der Waals surface area contributed by atoms with Gasteiger partial charge in [0, 0.05) is 30.4 Å². The van der Waals surface area contributed by atoms with Crippen molar-refractivity contribution in [3.05, 3.63) is 28.5 Å². The smallest absolute Gasteiger partial charge is 0.0573 e. The van der Waals surface area contributed by atoms with Gasteiger partial charge in [-0.15, -0.1) is 0 Å². The van der Waals surface area contributed by atoms with Crippen LogP contribution >= 0.6 is 15.9 Å². The molecule has 0 aliphatic carbocycles. The molecule has 1 N–H and O–H groups in total. The normalized spacial score (nSPS) is 12.7. The van der Waals surface area contributed by atoms with Crippen LogP contribution in [0.3, 0.4) is 0 Å². The lowest BCUT2D eigenvalue weighted by atomic mass is 10.1. The highest BCUT2D eigenvalue weighted by molar-refractivity contribution is 9.10. The van der Waals surface area contributed by atoms with E-state index in [0.29, 0.717) is 6.04 Å². The molecule has 3 nitrogen and oxygen atoms in total. The van der Waals surface area contributed by atoms with Crippen LogP contribution in [0.4, 0.5) is 0 Å². The van der Waals surface area contributed by atoms with Crippen LogP contribution in [0.2, 0.25) is 0 Å². The van der Waals surface area contributed by atoms with Gasteiger partial charge in [0.1, 0.15) is 0 Å². The Kier molecular flexibility index (Phi) is 5.83. The second kappa shape index (κ2) is 6.93. The van der Waals surface area contributed by atoms with Gasteiger partial charge in [0.15, 0.2) is 0 Å². The summed E-state index contributed by atoms with van der Waals surface area (Å²) >= 11 is 3.38. The van der Waals surface area contributed by atoms with E-state index in [4.69, 9.17) is 4.74 Å². The number of nitrogens with one attached hydrogen (secondary N) is 1. The predicted octanol–water partition coefficient (Wildman–Crippen LogP) is 2.53. The van der Waals surface area contributed by atoms with Crippen molar-refractivity contribution < 1.29 is 4.74 Å². The van der Waals surface area contributed by atoms with Gasteiger partial charge in [-0.2, -0.15) is 0 Å². The summed E-state index contributed by atoms with van der Waals surface area (Å²) in [6, 6.07) is 4.37. The number of ether oxygens (including phenoxy) is 1. The number of pyridine rings is 1. The topological polar surface area (TPSA) is 34.1 Å². The second-order valence-electron chi connectivity index (χ2n) is 3.38. The first-order valence-electron chi connectivity index (χ1n) is 5.05. The molecule has 0 aliphatic heterocycles. The average Bonchev–Trinajstić information content (AvgIpc) is 2.26. The summed E-state index contributed by atoms with van der Waals surface area (Å²) in [4.78, 5) is 4.38. The molecule has 1 rings (SSSR count). The standard InChI is InChI=1S/C11H17BrN2O/c1-13-10(4-3-7-15-2)11-6-5-9(12)8-14-11/h5-6,8,10,13H,3-4,7H2,1-2H3. The first-order chi connectivity index (χ1) is 7.27. The first kappa shape index (κ1) is 12.6. The minimum atomic E-state index is 0.313. The molecule has 1 aromatic heterocycles. The third-order valence-corrected chi connectivity index (χ3v) is 2.77. The van der Waals surface area contributed by atoms with E-state index in [1.807, 2.05) is 25.4 Å². The van der Waals surface area contributed by atoms with E-state index in [0.717, 1.165) is 29.6 Å². The molecule has 84 valence electrons. The maximum atomic E-state index is 5.04. The van der Waals surface area contributed by atoms with E-state index in [-0.39, 0.29) is 0 Å². The summed E-state index contributed by atoms with van der Waals surface area (Å²) < 4.78 is 6.05. The van der Waals surface area contributed by atoms with Gasteiger partial charge in [-0.3, -0.25) is 4.98 Å². The summed E-state index contributed by atoms with van der Waals surface area (Å²) in [6.07, 6.45) is 3.91. The largest absolute Gasteiger partial charge is 0.385 e. The Morgan fingerprint density at radius 3 is 2.87 bits per heavy atom. The van der Waals surface area contributed by atoms with Gasteiger partial charge in [-0.05, 0) is 48.0 Å². The monoisotopic (exact) mass is 272 g/mol. The van der Waals surface area contributed by atoms with Crippen molar-refractivity contribution in [2.45, 2.75) is 18.9 Å². The van der Waals surface area contributed by atoms with Crippen LogP contribution in [0.25, 0.3) is 0 Å². The van der Waals surface area contributed by atoms with Gasteiger partial charge in [-0.25, -0.2) is 0 Å². The Hall–Kier alpha value is -0.450. The Morgan fingerprint density at radius 2 is 2.33 bits per heavy atom. The lowest BCUT2D eigenvalue weighted by Gasteiger charge is -2.15. The Balaban J connectivity index is 2.53. The lowest BCUT2D eigenvalue weighted by Crippen LogP contribution is -2.18. The van der Waals surface area contributed by atoms with Crippen LogP contribution in [0, 0.1) is 0 Å². The molecular formula is C11H17BrN2O. The van der Waals surface area contributed by atoms with Gasteiger partial charge >= 0.3 is 0 Å². The third kappa shape index (κ3) is 4.28. The number of halogens is 1. The molecule has 15 heavy (non-hydrogen) atoms. The molecule has 1 unspecified atom stereocenters. The summed E-state index contributed by atoms with van der Waals surface area (Å²) in [7, 11) is 3.69. The van der Waals surface area contributed by atoms with E-state index < -0.39 is 0 Å². The van der Waals surface area contributed by atoms with Gasteiger partial charge < -0.3 is 10.1 Å². The van der Waals surface area contributed by atoms with E-state index in [2.05, 4.69) is 26.2 Å². The van der Waals surface area contributed by atoms with Crippen molar-refractivity contribution >= 4 is 15.9 Å². The highest BCUT2D eigenvalue weighted by Crippen LogP contribution is 2.17. The minimum absolute atomic E-state index is 0.313. The zero-order valence-corrected chi connectivity index (χ0v) is 10.8. The fraction of sp³-hybridized carbons (Fsp3) is 0.545. The molecule has 1 atom stereocenters. The quantitative estimate of drug-likeness (QED) is 0.809. The second-order valence-corrected chi connectivity index (χ2v) is 4.29. The summed E-state index contributed by atoms with van der Waals surface area (Å²) in [5.74, 6) is 0. The maximum absolute atomic E-state index is 5.04. The number of hydrogen-bond acceptors (Lipinski definition) is 3. The molecule has 0 radical (unpaired) electrons. The highest BCUT2D eigenvalue weighted by Gasteiger charge is 2.09. The Bertz CT molecular complexity index is 276. The van der Waals surface area contributed by atoms with Crippen LogP contribution < -0.4 is 5.32 Å². The van der Waals surface area contributed by atoms with Crippen LogP contribution in [-0.2, 0) is 4.74 Å². The molecule has 0 spiro atoms. The van der Waals surface area contributed by atoms with Crippen molar-refractivity contribution in [1.82, 2.24) is 10.3 Å². The molecule has 1 heterocycles. The highest BCUT2D eigenvalue weighted by atomic mass is 79.9. The van der Waals surface area contributed by atoms with Gasteiger partial charge in [0.05, 0.1) is 5.69 Å². The van der Waals surface area contributed by atoms with E-state index in [1.165, 1.54) is 0 Å². The maximum Gasteiger partial charge on any atom is 0.0573 e. The van der Waals surface area contributed by atoms with E-state index in [1.54, 1.807) is 7.11 Å². The molecule has 0 aliphatic rings. The molecule has 0 saturated heterocycles. The molecule has 0 amide bonds. The summed E-state index contributed by atoms with van der Waals surface area (Å²) in [5.41, 5.74) is 1.08. The number of rotatable bonds is 6. The molecule has 1 aromatic rings. The fourth-order valence-corrected chi connectivity index (χ4v) is 1.70. The fourth-order valence-electron chi connectivity index (χ4n) is 1.47. The van der Waals surface area contributed by atoms with Crippen LogP contribution in [0.15, 0.2) is 22.8 Å². The van der Waals surface area contributed by atoms with Crippen LogP contribution in [0.1, 0.15) is 24.6 Å². The molecule has 0 bridgehead atoms. The SMILES string of the molecule is CNC(CCCOC)c1ccc(Br)cn1. The van der Waals surface area contributed by atoms with Gasteiger partial charge in [-0.1, -0.05) is 0 Å². The van der Waals surface area contributed by atoms with Gasteiger partial charge in [0.2, 0.25) is 0 Å². The van der Waals surface area contributed by atoms with E-state index >= 15 is 0 Å². The Morgan fingerprint density at radius 1 is 1.53 bits per heavy atom. The average molecular weight is 273 g/mol. The van der Waals surface area contributed by atoms with Crippen LogP contribution in [-0.4, -0.2) is 25.7 Å². The zero-order valence-electron chi connectivity index (χ0n) is 9.16. The molecule has 0 saturated carbocycles. The number of aromatic nitrogens is 1. The van der Waals surface area contributed by atoms with Crippen LogP contribution in [0.5, 0.6) is 0 Å².